The molecule has 1 aromatic rings. The summed E-state index contributed by atoms with van der Waals surface area (Å²) in [6.45, 7) is 4.20. The molecule has 106 valence electrons. The van der Waals surface area contributed by atoms with Crippen LogP contribution in [0.3, 0.4) is 0 Å². The fraction of sp³-hybridized carbons (Fsp3) is 0.545. The van der Waals surface area contributed by atoms with E-state index in [0.717, 1.165) is 0 Å². The molecule has 2 heterocycles. The van der Waals surface area contributed by atoms with Gasteiger partial charge in [0.2, 0.25) is 10.0 Å². The smallest absolute Gasteiger partial charge is 0.244 e. The summed E-state index contributed by atoms with van der Waals surface area (Å²) in [4.78, 5) is 3.82. The molecule has 0 bridgehead atoms. The van der Waals surface area contributed by atoms with Crippen LogP contribution >= 0.6 is 15.9 Å². The number of halogens is 1. The molecule has 0 aliphatic carbocycles. The van der Waals surface area contributed by atoms with E-state index in [1.54, 1.807) is 0 Å². The molecule has 0 saturated carbocycles. The van der Waals surface area contributed by atoms with Crippen LogP contribution < -0.4 is 10.5 Å². The van der Waals surface area contributed by atoms with E-state index in [1.807, 2.05) is 13.8 Å². The van der Waals surface area contributed by atoms with Crippen LogP contribution in [0.1, 0.15) is 20.3 Å². The summed E-state index contributed by atoms with van der Waals surface area (Å²) in [6.07, 6.45) is 1.88. The summed E-state index contributed by atoms with van der Waals surface area (Å²) < 4.78 is 33.5. The summed E-state index contributed by atoms with van der Waals surface area (Å²) in [5, 5.41) is 0. The van der Waals surface area contributed by atoms with Gasteiger partial charge in [-0.3, -0.25) is 0 Å². The Kier molecular flexibility index (Phi) is 3.87. The summed E-state index contributed by atoms with van der Waals surface area (Å²) in [7, 11) is -3.74. The van der Waals surface area contributed by atoms with E-state index in [2.05, 4.69) is 25.6 Å². The third-order valence-corrected chi connectivity index (χ3v) is 5.47. The predicted octanol–water partition coefficient (Wildman–Crippen LogP) is 1.27. The first-order valence-electron chi connectivity index (χ1n) is 5.81. The lowest BCUT2D eigenvalue weighted by Gasteiger charge is -2.28. The van der Waals surface area contributed by atoms with Gasteiger partial charge in [0.1, 0.15) is 10.7 Å². The third-order valence-electron chi connectivity index (χ3n) is 3.39. The van der Waals surface area contributed by atoms with E-state index in [-0.39, 0.29) is 16.8 Å². The first-order chi connectivity index (χ1) is 8.74. The molecule has 0 radical (unpaired) electrons. The maximum atomic E-state index is 12.4. The maximum absolute atomic E-state index is 12.4. The zero-order valence-corrected chi connectivity index (χ0v) is 13.1. The monoisotopic (exact) mass is 349 g/mol. The molecular formula is C11H16BrN3O3S. The first-order valence-corrected chi connectivity index (χ1v) is 8.09. The zero-order chi connectivity index (χ0) is 14.3. The number of rotatable bonds is 3. The van der Waals surface area contributed by atoms with E-state index in [0.29, 0.717) is 17.5 Å². The van der Waals surface area contributed by atoms with Crippen molar-refractivity contribution in [3.8, 4) is 0 Å². The molecular weight excluding hydrogens is 334 g/mol. The number of nitrogen functional groups attached to an aromatic ring is 1. The van der Waals surface area contributed by atoms with Crippen LogP contribution in [0.2, 0.25) is 0 Å². The van der Waals surface area contributed by atoms with E-state index in [1.165, 1.54) is 12.3 Å². The summed E-state index contributed by atoms with van der Waals surface area (Å²) >= 11 is 3.19. The number of anilines is 1. The lowest BCUT2D eigenvalue weighted by molar-refractivity contribution is 0.0957. The molecule has 3 N–H and O–H groups in total. The summed E-state index contributed by atoms with van der Waals surface area (Å²) in [5.41, 5.74) is 5.01. The maximum Gasteiger partial charge on any atom is 0.244 e. The number of nitrogens with two attached hydrogens (primary N) is 1. The van der Waals surface area contributed by atoms with E-state index >= 15 is 0 Å². The number of aromatic nitrogens is 1. The van der Waals surface area contributed by atoms with E-state index in [4.69, 9.17) is 10.5 Å². The highest BCUT2D eigenvalue weighted by atomic mass is 79.9. The van der Waals surface area contributed by atoms with Gasteiger partial charge in [0.15, 0.2) is 0 Å². The second kappa shape index (κ2) is 5.01. The summed E-state index contributed by atoms with van der Waals surface area (Å²) in [5.74, 6) is -0.0223. The Labute approximate surface area is 120 Å². The quantitative estimate of drug-likeness (QED) is 0.856. The van der Waals surface area contributed by atoms with Crippen LogP contribution in [-0.2, 0) is 14.8 Å². The second-order valence-electron chi connectivity index (χ2n) is 4.82. The minimum absolute atomic E-state index is 0.0223. The topological polar surface area (TPSA) is 94.3 Å². The van der Waals surface area contributed by atoms with Gasteiger partial charge in [0.05, 0.1) is 11.6 Å². The lowest BCUT2D eigenvalue weighted by Crippen LogP contribution is -2.50. The van der Waals surface area contributed by atoms with Crippen molar-refractivity contribution >= 4 is 31.8 Å². The largest absolute Gasteiger partial charge is 0.383 e. The fourth-order valence-corrected chi connectivity index (χ4v) is 4.06. The molecule has 2 unspecified atom stereocenters. The number of ether oxygens (including phenoxy) is 1. The molecule has 6 nitrogen and oxygen atoms in total. The first kappa shape index (κ1) is 14.7. The number of hydrogen-bond donors (Lipinski definition) is 2. The van der Waals surface area contributed by atoms with Crippen molar-refractivity contribution in [2.24, 2.45) is 0 Å². The molecule has 1 fully saturated rings. The van der Waals surface area contributed by atoms with Gasteiger partial charge in [0, 0.05) is 17.3 Å². The van der Waals surface area contributed by atoms with Gasteiger partial charge in [-0.25, -0.2) is 18.1 Å². The van der Waals surface area contributed by atoms with Crippen LogP contribution in [0.15, 0.2) is 21.6 Å². The van der Waals surface area contributed by atoms with Gasteiger partial charge < -0.3 is 10.5 Å². The van der Waals surface area contributed by atoms with Crippen LogP contribution in [0, 0.1) is 0 Å². The normalized spacial score (nSPS) is 27.6. The Morgan fingerprint density at radius 2 is 2.32 bits per heavy atom. The average molecular weight is 350 g/mol. The molecule has 0 aromatic carbocycles. The zero-order valence-electron chi connectivity index (χ0n) is 10.7. The van der Waals surface area contributed by atoms with Crippen molar-refractivity contribution in [2.45, 2.75) is 36.8 Å². The number of pyridine rings is 1. The molecule has 1 aliphatic heterocycles. The SMILES string of the molecule is CC1OCCC1(C)NS(=O)(=O)c1cc(Br)cnc1N. The molecule has 0 spiro atoms. The van der Waals surface area contributed by atoms with Crippen molar-refractivity contribution in [1.82, 2.24) is 9.71 Å². The number of sulfonamides is 1. The molecule has 8 heteroatoms. The van der Waals surface area contributed by atoms with Crippen molar-refractivity contribution in [1.29, 1.82) is 0 Å². The van der Waals surface area contributed by atoms with Crippen molar-refractivity contribution in [3.63, 3.8) is 0 Å². The molecule has 1 aromatic heterocycles. The van der Waals surface area contributed by atoms with Crippen LogP contribution in [0.25, 0.3) is 0 Å². The van der Waals surface area contributed by atoms with Gasteiger partial charge in [-0.15, -0.1) is 0 Å². The Balaban J connectivity index is 2.35. The lowest BCUT2D eigenvalue weighted by atomic mass is 9.97. The fourth-order valence-electron chi connectivity index (χ4n) is 1.98. The van der Waals surface area contributed by atoms with Gasteiger partial charge >= 0.3 is 0 Å². The number of hydrogen-bond acceptors (Lipinski definition) is 5. The summed E-state index contributed by atoms with van der Waals surface area (Å²) in [6, 6.07) is 1.44. The third kappa shape index (κ3) is 2.91. The van der Waals surface area contributed by atoms with Crippen LogP contribution in [0.5, 0.6) is 0 Å². The van der Waals surface area contributed by atoms with Crippen LogP contribution in [0.4, 0.5) is 5.82 Å². The van der Waals surface area contributed by atoms with Crippen molar-refractivity contribution in [3.05, 3.63) is 16.7 Å². The Morgan fingerprint density at radius 1 is 1.63 bits per heavy atom. The Morgan fingerprint density at radius 3 is 2.89 bits per heavy atom. The molecule has 0 amide bonds. The predicted molar refractivity (Wildman–Crippen MR) is 75.1 cm³/mol. The van der Waals surface area contributed by atoms with E-state index < -0.39 is 15.6 Å². The van der Waals surface area contributed by atoms with Crippen molar-refractivity contribution < 1.29 is 13.2 Å². The van der Waals surface area contributed by atoms with Crippen LogP contribution in [-0.4, -0.2) is 31.7 Å². The molecule has 2 rings (SSSR count). The van der Waals surface area contributed by atoms with Gasteiger partial charge in [-0.05, 0) is 42.3 Å². The highest BCUT2D eigenvalue weighted by molar-refractivity contribution is 9.10. The highest BCUT2D eigenvalue weighted by Crippen LogP contribution is 2.29. The molecule has 1 saturated heterocycles. The molecule has 19 heavy (non-hydrogen) atoms. The minimum Gasteiger partial charge on any atom is -0.383 e. The van der Waals surface area contributed by atoms with E-state index in [9.17, 15) is 8.42 Å². The van der Waals surface area contributed by atoms with Gasteiger partial charge in [0.25, 0.3) is 0 Å². The van der Waals surface area contributed by atoms with Crippen molar-refractivity contribution in [2.75, 3.05) is 12.3 Å². The second-order valence-corrected chi connectivity index (χ2v) is 7.39. The molecule has 2 atom stereocenters. The highest BCUT2D eigenvalue weighted by Gasteiger charge is 2.41. The number of nitrogens with zero attached hydrogens (tertiary/aromatic N) is 1. The Bertz CT molecular complexity index is 593. The average Bonchev–Trinajstić information content (AvgIpc) is 2.61. The van der Waals surface area contributed by atoms with Gasteiger partial charge in [-0.2, -0.15) is 0 Å². The Hall–Kier alpha value is -0.700. The standard InChI is InChI=1S/C11H16BrN3O3S/c1-7-11(2,3-4-18-7)15-19(16,17)9-5-8(12)6-14-10(9)13/h5-7,15H,3-4H2,1-2H3,(H2,13,14). The minimum atomic E-state index is -3.74. The number of nitrogens with one attached hydrogen (secondary N) is 1. The van der Waals surface area contributed by atoms with Gasteiger partial charge in [-0.1, -0.05) is 0 Å². The molecule has 1 aliphatic rings.